The summed E-state index contributed by atoms with van der Waals surface area (Å²) >= 11 is 0. The standard InChI is InChI=1S/C21H25N3O.2C2HF3O2/c22-19(16-4-2-1-3-5-16)12-15-6-8-17(9-7-15)25-18-10-11-20-21(13-18)24-14-23-20;2*3-2(4,5)1(6)7/h6-11,13-14,16,19H,1-5,12,22H2,(H,23,24);2*(H,6,7). The summed E-state index contributed by atoms with van der Waals surface area (Å²) in [6, 6.07) is 14.5. The number of carbonyl (C=O) groups is 2. The summed E-state index contributed by atoms with van der Waals surface area (Å²) in [6.07, 6.45) is -0.891. The fourth-order valence-electron chi connectivity index (χ4n) is 3.81. The minimum Gasteiger partial charge on any atom is -0.475 e. The minimum atomic E-state index is -5.08. The van der Waals surface area contributed by atoms with Crippen LogP contribution in [0.25, 0.3) is 11.0 Å². The first-order chi connectivity index (χ1) is 18.2. The zero-order chi connectivity index (χ0) is 29.2. The molecule has 1 heterocycles. The van der Waals surface area contributed by atoms with Crippen LogP contribution in [-0.4, -0.2) is 50.5 Å². The fraction of sp³-hybridized carbons (Fsp3) is 0.400. The van der Waals surface area contributed by atoms with Crippen molar-refractivity contribution in [3.8, 4) is 11.5 Å². The van der Waals surface area contributed by atoms with Crippen molar-refractivity contribution in [2.45, 2.75) is 56.9 Å². The van der Waals surface area contributed by atoms with Crippen LogP contribution in [0.4, 0.5) is 26.3 Å². The molecule has 4 rings (SSSR count). The van der Waals surface area contributed by atoms with Gasteiger partial charge in [-0.1, -0.05) is 31.4 Å². The van der Waals surface area contributed by atoms with E-state index in [-0.39, 0.29) is 6.04 Å². The topological polar surface area (TPSA) is 139 Å². The third kappa shape index (κ3) is 10.8. The van der Waals surface area contributed by atoms with Gasteiger partial charge in [-0.05, 0) is 55.0 Å². The number of H-pyrrole nitrogens is 1. The molecule has 1 saturated carbocycles. The number of nitrogens with one attached hydrogen (secondary N) is 1. The van der Waals surface area contributed by atoms with Crippen molar-refractivity contribution in [2.24, 2.45) is 11.7 Å². The average Bonchev–Trinajstić information content (AvgIpc) is 3.33. The van der Waals surface area contributed by atoms with Crippen LogP contribution in [0.15, 0.2) is 48.8 Å². The Labute approximate surface area is 218 Å². The second-order valence-electron chi connectivity index (χ2n) is 8.70. The molecule has 39 heavy (non-hydrogen) atoms. The van der Waals surface area contributed by atoms with E-state index in [0.29, 0.717) is 5.92 Å². The molecule has 0 bridgehead atoms. The predicted molar refractivity (Wildman–Crippen MR) is 128 cm³/mol. The summed E-state index contributed by atoms with van der Waals surface area (Å²) in [5.74, 6) is -3.18. The summed E-state index contributed by atoms with van der Waals surface area (Å²) in [5.41, 5.74) is 9.65. The molecule has 0 amide bonds. The fourth-order valence-corrected chi connectivity index (χ4v) is 3.81. The Balaban J connectivity index is 0.000000317. The number of aromatic amines is 1. The van der Waals surface area contributed by atoms with Gasteiger partial charge in [0.2, 0.25) is 0 Å². The molecular formula is C25H27F6N3O5. The first kappa shape index (κ1) is 31.4. The number of alkyl halides is 6. The quantitative estimate of drug-likeness (QED) is 0.276. The van der Waals surface area contributed by atoms with Gasteiger partial charge in [-0.25, -0.2) is 14.6 Å². The van der Waals surface area contributed by atoms with Crippen LogP contribution in [0.3, 0.4) is 0 Å². The highest BCUT2D eigenvalue weighted by Gasteiger charge is 2.38. The van der Waals surface area contributed by atoms with Gasteiger partial charge in [-0.2, -0.15) is 26.3 Å². The van der Waals surface area contributed by atoms with Crippen molar-refractivity contribution < 1.29 is 50.9 Å². The molecule has 3 aromatic rings. The Hall–Kier alpha value is -3.81. The number of benzene rings is 2. The average molecular weight is 563 g/mol. The SMILES string of the molecule is NC(Cc1ccc(Oc2ccc3nc[nH]c3c2)cc1)C1CCCCC1.O=C(O)C(F)(F)F.O=C(O)C(F)(F)F. The van der Waals surface area contributed by atoms with Crippen LogP contribution >= 0.6 is 0 Å². The summed E-state index contributed by atoms with van der Waals surface area (Å²) in [7, 11) is 0. The molecule has 14 heteroatoms. The van der Waals surface area contributed by atoms with E-state index in [4.69, 9.17) is 30.3 Å². The maximum Gasteiger partial charge on any atom is 0.490 e. The molecule has 0 spiro atoms. The number of ether oxygens (including phenoxy) is 1. The van der Waals surface area contributed by atoms with E-state index in [1.54, 1.807) is 6.33 Å². The van der Waals surface area contributed by atoms with Crippen LogP contribution < -0.4 is 10.5 Å². The normalized spacial score (nSPS) is 14.8. The van der Waals surface area contributed by atoms with Crippen molar-refractivity contribution in [2.75, 3.05) is 0 Å². The number of nitrogens with zero attached hydrogens (tertiary/aromatic N) is 1. The lowest BCUT2D eigenvalue weighted by Gasteiger charge is -2.27. The van der Waals surface area contributed by atoms with E-state index < -0.39 is 24.3 Å². The van der Waals surface area contributed by atoms with Gasteiger partial charge >= 0.3 is 24.3 Å². The Morgan fingerprint density at radius 2 is 1.44 bits per heavy atom. The number of carboxylic acids is 2. The number of hydrogen-bond acceptors (Lipinski definition) is 5. The summed E-state index contributed by atoms with van der Waals surface area (Å²) in [6.45, 7) is 0. The van der Waals surface area contributed by atoms with E-state index in [1.165, 1.54) is 37.7 Å². The Kier molecular flexibility index (Phi) is 11.1. The largest absolute Gasteiger partial charge is 0.490 e. The van der Waals surface area contributed by atoms with E-state index in [1.807, 2.05) is 30.3 Å². The monoisotopic (exact) mass is 563 g/mol. The molecule has 0 radical (unpaired) electrons. The van der Waals surface area contributed by atoms with Crippen LogP contribution in [0.1, 0.15) is 37.7 Å². The van der Waals surface area contributed by atoms with Crippen molar-refractivity contribution in [1.29, 1.82) is 0 Å². The van der Waals surface area contributed by atoms with Crippen molar-refractivity contribution in [3.63, 3.8) is 0 Å². The highest BCUT2D eigenvalue weighted by atomic mass is 19.4. The molecule has 1 aromatic heterocycles. The van der Waals surface area contributed by atoms with Gasteiger partial charge in [-0.3, -0.25) is 0 Å². The molecular weight excluding hydrogens is 536 g/mol. The molecule has 1 unspecified atom stereocenters. The van der Waals surface area contributed by atoms with Gasteiger partial charge in [-0.15, -0.1) is 0 Å². The van der Waals surface area contributed by atoms with Gasteiger partial charge in [0, 0.05) is 12.1 Å². The number of aromatic nitrogens is 2. The maximum atomic E-state index is 10.6. The molecule has 1 atom stereocenters. The number of aliphatic carboxylic acids is 2. The second kappa shape index (κ2) is 13.8. The van der Waals surface area contributed by atoms with E-state index in [0.717, 1.165) is 29.0 Å². The van der Waals surface area contributed by atoms with Gasteiger partial charge < -0.3 is 25.7 Å². The Morgan fingerprint density at radius 3 is 1.95 bits per heavy atom. The van der Waals surface area contributed by atoms with E-state index >= 15 is 0 Å². The van der Waals surface area contributed by atoms with Gasteiger partial charge in [0.05, 0.1) is 17.4 Å². The molecule has 214 valence electrons. The zero-order valence-electron chi connectivity index (χ0n) is 20.4. The lowest BCUT2D eigenvalue weighted by molar-refractivity contribution is -0.193. The van der Waals surface area contributed by atoms with Crippen LogP contribution in [0.5, 0.6) is 11.5 Å². The smallest absolute Gasteiger partial charge is 0.475 e. The van der Waals surface area contributed by atoms with Crippen LogP contribution in [0, 0.1) is 5.92 Å². The first-order valence-corrected chi connectivity index (χ1v) is 11.7. The molecule has 0 saturated heterocycles. The number of carboxylic acid groups (broad SMARTS) is 2. The molecule has 1 fully saturated rings. The molecule has 2 aromatic carbocycles. The van der Waals surface area contributed by atoms with Crippen molar-refractivity contribution in [1.82, 2.24) is 9.97 Å². The number of halogens is 6. The van der Waals surface area contributed by atoms with Gasteiger partial charge in [0.25, 0.3) is 0 Å². The number of hydrogen-bond donors (Lipinski definition) is 4. The lowest BCUT2D eigenvalue weighted by atomic mass is 9.82. The summed E-state index contributed by atoms with van der Waals surface area (Å²) < 4.78 is 69.4. The lowest BCUT2D eigenvalue weighted by Crippen LogP contribution is -2.33. The van der Waals surface area contributed by atoms with Crippen LogP contribution in [-0.2, 0) is 16.0 Å². The van der Waals surface area contributed by atoms with E-state index in [9.17, 15) is 26.3 Å². The Bertz CT molecular complexity index is 1180. The van der Waals surface area contributed by atoms with Gasteiger partial charge in [0.15, 0.2) is 0 Å². The second-order valence-corrected chi connectivity index (χ2v) is 8.70. The predicted octanol–water partition coefficient (Wildman–Crippen LogP) is 6.07. The van der Waals surface area contributed by atoms with Gasteiger partial charge in [0.1, 0.15) is 11.5 Å². The van der Waals surface area contributed by atoms with Crippen LogP contribution in [0.2, 0.25) is 0 Å². The molecule has 0 aliphatic heterocycles. The van der Waals surface area contributed by atoms with Crippen molar-refractivity contribution >= 4 is 23.0 Å². The Morgan fingerprint density at radius 1 is 0.923 bits per heavy atom. The molecule has 1 aliphatic rings. The number of nitrogens with two attached hydrogens (primary N) is 1. The number of fused-ring (bicyclic) bond motifs is 1. The highest BCUT2D eigenvalue weighted by Crippen LogP contribution is 2.28. The number of imidazole rings is 1. The summed E-state index contributed by atoms with van der Waals surface area (Å²) in [4.78, 5) is 25.1. The zero-order valence-corrected chi connectivity index (χ0v) is 20.4. The minimum absolute atomic E-state index is 0.273. The van der Waals surface area contributed by atoms with E-state index in [2.05, 4.69) is 22.1 Å². The first-order valence-electron chi connectivity index (χ1n) is 11.7. The third-order valence-electron chi connectivity index (χ3n) is 5.76. The summed E-state index contributed by atoms with van der Waals surface area (Å²) in [5, 5.41) is 14.2. The molecule has 5 N–H and O–H groups in total. The molecule has 8 nitrogen and oxygen atoms in total. The molecule has 1 aliphatic carbocycles. The highest BCUT2D eigenvalue weighted by molar-refractivity contribution is 5.76. The maximum absolute atomic E-state index is 10.6. The third-order valence-corrected chi connectivity index (χ3v) is 5.76. The van der Waals surface area contributed by atoms with Crippen molar-refractivity contribution in [3.05, 3.63) is 54.4 Å². The number of rotatable bonds is 5.